The first-order valence-corrected chi connectivity index (χ1v) is 5.33. The predicted molar refractivity (Wildman–Crippen MR) is 54.5 cm³/mol. The largest absolute Gasteiger partial charge is 0.492 e. The van der Waals surface area contributed by atoms with Crippen molar-refractivity contribution < 1.29 is 4.74 Å². The maximum absolute atomic E-state index is 5.69. The Morgan fingerprint density at radius 3 is 2.93 bits per heavy atom. The van der Waals surface area contributed by atoms with Crippen LogP contribution in [0.15, 0.2) is 12.3 Å². The molecule has 1 aromatic rings. The van der Waals surface area contributed by atoms with E-state index in [1.54, 1.807) is 12.3 Å². The summed E-state index contributed by atoms with van der Waals surface area (Å²) in [6.45, 7) is 0.780. The Hall–Kier alpha value is -0.830. The van der Waals surface area contributed by atoms with E-state index in [4.69, 9.17) is 16.3 Å². The maximum atomic E-state index is 5.69. The molecule has 1 aliphatic carbocycles. The molecule has 0 saturated heterocycles. The number of hydrogen-bond donors (Lipinski definition) is 0. The van der Waals surface area contributed by atoms with Crippen molar-refractivity contribution >= 4 is 11.6 Å². The SMILES string of the molecule is Clc1cc(OCC2CCCC2)cnn1. The van der Waals surface area contributed by atoms with Gasteiger partial charge in [-0.1, -0.05) is 24.4 Å². The van der Waals surface area contributed by atoms with E-state index in [0.717, 1.165) is 12.4 Å². The van der Waals surface area contributed by atoms with Gasteiger partial charge in [0.15, 0.2) is 5.15 Å². The minimum absolute atomic E-state index is 0.383. The summed E-state index contributed by atoms with van der Waals surface area (Å²) < 4.78 is 5.58. The lowest BCUT2D eigenvalue weighted by atomic mass is 10.1. The highest BCUT2D eigenvalue weighted by Gasteiger charge is 2.15. The van der Waals surface area contributed by atoms with Crippen LogP contribution in [-0.2, 0) is 0 Å². The summed E-state index contributed by atoms with van der Waals surface area (Å²) in [5.74, 6) is 1.43. The van der Waals surface area contributed by atoms with E-state index < -0.39 is 0 Å². The van der Waals surface area contributed by atoms with Gasteiger partial charge in [0.2, 0.25) is 0 Å². The van der Waals surface area contributed by atoms with Gasteiger partial charge in [0.1, 0.15) is 5.75 Å². The third-order valence-electron chi connectivity index (χ3n) is 2.56. The molecule has 0 atom stereocenters. The first-order valence-electron chi connectivity index (χ1n) is 4.95. The fourth-order valence-electron chi connectivity index (χ4n) is 1.79. The summed E-state index contributed by atoms with van der Waals surface area (Å²) >= 11 is 5.69. The van der Waals surface area contributed by atoms with Crippen LogP contribution in [0.3, 0.4) is 0 Å². The van der Waals surface area contributed by atoms with Crippen molar-refractivity contribution in [3.05, 3.63) is 17.4 Å². The Bertz CT molecular complexity index is 300. The van der Waals surface area contributed by atoms with Gasteiger partial charge in [-0.25, -0.2) is 0 Å². The van der Waals surface area contributed by atoms with Gasteiger partial charge in [0.25, 0.3) is 0 Å². The molecule has 0 bridgehead atoms. The Morgan fingerprint density at radius 2 is 2.21 bits per heavy atom. The highest BCUT2D eigenvalue weighted by Crippen LogP contribution is 2.25. The number of halogens is 1. The lowest BCUT2D eigenvalue weighted by Gasteiger charge is -2.10. The van der Waals surface area contributed by atoms with Crippen LogP contribution in [0, 0.1) is 5.92 Å². The van der Waals surface area contributed by atoms with E-state index in [1.807, 2.05) is 0 Å². The molecule has 0 amide bonds. The molecule has 0 aromatic carbocycles. The highest BCUT2D eigenvalue weighted by atomic mass is 35.5. The monoisotopic (exact) mass is 212 g/mol. The molecule has 76 valence electrons. The zero-order valence-corrected chi connectivity index (χ0v) is 8.70. The Kier molecular flexibility index (Phi) is 3.19. The van der Waals surface area contributed by atoms with Crippen LogP contribution in [0.1, 0.15) is 25.7 Å². The summed E-state index contributed by atoms with van der Waals surface area (Å²) in [5.41, 5.74) is 0. The van der Waals surface area contributed by atoms with Gasteiger partial charge >= 0.3 is 0 Å². The first kappa shape index (κ1) is 9.71. The van der Waals surface area contributed by atoms with Crippen molar-refractivity contribution in [3.8, 4) is 5.75 Å². The van der Waals surface area contributed by atoms with Crippen LogP contribution in [0.5, 0.6) is 5.75 Å². The molecule has 0 aliphatic heterocycles. The summed E-state index contributed by atoms with van der Waals surface area (Å²) in [7, 11) is 0. The average Bonchev–Trinajstić information content (AvgIpc) is 2.67. The van der Waals surface area contributed by atoms with Crippen LogP contribution in [-0.4, -0.2) is 16.8 Å². The molecular formula is C10H13ClN2O. The van der Waals surface area contributed by atoms with Gasteiger partial charge in [-0.3, -0.25) is 0 Å². The lowest BCUT2D eigenvalue weighted by molar-refractivity contribution is 0.251. The molecule has 0 unspecified atom stereocenters. The molecule has 1 fully saturated rings. The lowest BCUT2D eigenvalue weighted by Crippen LogP contribution is -2.08. The van der Waals surface area contributed by atoms with Gasteiger partial charge in [-0.2, -0.15) is 5.10 Å². The standard InChI is InChI=1S/C10H13ClN2O/c11-10-5-9(6-12-13-10)14-7-8-3-1-2-4-8/h5-6,8H,1-4,7H2. The normalized spacial score (nSPS) is 17.2. The molecule has 4 heteroatoms. The second-order valence-electron chi connectivity index (χ2n) is 3.68. The Morgan fingerprint density at radius 1 is 1.43 bits per heavy atom. The smallest absolute Gasteiger partial charge is 0.155 e. The van der Waals surface area contributed by atoms with Crippen LogP contribution in [0.2, 0.25) is 5.15 Å². The zero-order chi connectivity index (χ0) is 9.80. The minimum atomic E-state index is 0.383. The van der Waals surface area contributed by atoms with E-state index >= 15 is 0 Å². The average molecular weight is 213 g/mol. The van der Waals surface area contributed by atoms with Gasteiger partial charge in [-0.15, -0.1) is 5.10 Å². The molecule has 2 rings (SSSR count). The van der Waals surface area contributed by atoms with Crippen LogP contribution in [0.4, 0.5) is 0 Å². The second-order valence-corrected chi connectivity index (χ2v) is 4.06. The van der Waals surface area contributed by atoms with Gasteiger partial charge in [-0.05, 0) is 18.8 Å². The van der Waals surface area contributed by atoms with E-state index in [-0.39, 0.29) is 0 Å². The predicted octanol–water partition coefficient (Wildman–Crippen LogP) is 2.70. The number of aromatic nitrogens is 2. The highest BCUT2D eigenvalue weighted by molar-refractivity contribution is 6.29. The summed E-state index contributed by atoms with van der Waals surface area (Å²) in [4.78, 5) is 0. The van der Waals surface area contributed by atoms with E-state index in [2.05, 4.69) is 10.2 Å². The third kappa shape index (κ3) is 2.58. The molecule has 14 heavy (non-hydrogen) atoms. The zero-order valence-electron chi connectivity index (χ0n) is 7.95. The summed E-state index contributed by atoms with van der Waals surface area (Å²) in [6, 6.07) is 1.70. The maximum Gasteiger partial charge on any atom is 0.155 e. The number of ether oxygens (including phenoxy) is 1. The topological polar surface area (TPSA) is 35.0 Å². The fraction of sp³-hybridized carbons (Fsp3) is 0.600. The van der Waals surface area contributed by atoms with Crippen molar-refractivity contribution in [2.24, 2.45) is 5.92 Å². The van der Waals surface area contributed by atoms with Crippen LogP contribution < -0.4 is 4.74 Å². The van der Waals surface area contributed by atoms with Crippen molar-refractivity contribution in [2.45, 2.75) is 25.7 Å². The first-order chi connectivity index (χ1) is 6.84. The van der Waals surface area contributed by atoms with Crippen molar-refractivity contribution in [1.29, 1.82) is 0 Å². The summed E-state index contributed by atoms with van der Waals surface area (Å²) in [6.07, 6.45) is 6.84. The van der Waals surface area contributed by atoms with Crippen LogP contribution >= 0.6 is 11.6 Å². The molecule has 1 aromatic heterocycles. The number of hydrogen-bond acceptors (Lipinski definition) is 3. The molecule has 0 N–H and O–H groups in total. The quantitative estimate of drug-likeness (QED) is 0.773. The van der Waals surface area contributed by atoms with Crippen molar-refractivity contribution in [2.75, 3.05) is 6.61 Å². The molecule has 0 spiro atoms. The molecular weight excluding hydrogens is 200 g/mol. The number of nitrogens with zero attached hydrogens (tertiary/aromatic N) is 2. The molecule has 1 heterocycles. The molecule has 1 saturated carbocycles. The number of rotatable bonds is 3. The third-order valence-corrected chi connectivity index (χ3v) is 2.74. The van der Waals surface area contributed by atoms with E-state index in [1.165, 1.54) is 25.7 Å². The summed E-state index contributed by atoms with van der Waals surface area (Å²) in [5, 5.41) is 7.76. The van der Waals surface area contributed by atoms with E-state index in [9.17, 15) is 0 Å². The van der Waals surface area contributed by atoms with E-state index in [0.29, 0.717) is 11.1 Å². The van der Waals surface area contributed by atoms with Gasteiger partial charge < -0.3 is 4.74 Å². The Balaban J connectivity index is 1.85. The molecule has 3 nitrogen and oxygen atoms in total. The Labute approximate surface area is 88.4 Å². The fourth-order valence-corrected chi connectivity index (χ4v) is 1.95. The van der Waals surface area contributed by atoms with Gasteiger partial charge in [0, 0.05) is 6.07 Å². The van der Waals surface area contributed by atoms with Crippen molar-refractivity contribution in [1.82, 2.24) is 10.2 Å². The minimum Gasteiger partial charge on any atom is -0.492 e. The van der Waals surface area contributed by atoms with Crippen molar-refractivity contribution in [3.63, 3.8) is 0 Å². The second kappa shape index (κ2) is 4.60. The molecule has 0 radical (unpaired) electrons. The van der Waals surface area contributed by atoms with Crippen LogP contribution in [0.25, 0.3) is 0 Å². The van der Waals surface area contributed by atoms with Gasteiger partial charge in [0.05, 0.1) is 12.8 Å². The molecule has 1 aliphatic rings.